The van der Waals surface area contributed by atoms with Crippen molar-refractivity contribution in [2.75, 3.05) is 11.1 Å². The fraction of sp³-hybridized carbons (Fsp3) is 0.167. The zero-order valence-electron chi connectivity index (χ0n) is 10.2. The molecule has 0 saturated heterocycles. The molecular weight excluding hydrogens is 273 g/mol. The quantitative estimate of drug-likeness (QED) is 0.848. The lowest BCUT2D eigenvalue weighted by Gasteiger charge is -2.11. The first-order valence-corrected chi connectivity index (χ1v) is 5.60. The van der Waals surface area contributed by atoms with Crippen LogP contribution in [0.25, 0.3) is 0 Å². The Kier molecular flexibility index (Phi) is 3.64. The third-order valence-corrected chi connectivity index (χ3v) is 2.52. The Bertz CT molecular complexity index is 608. The fourth-order valence-electron chi connectivity index (χ4n) is 1.58. The maximum absolute atomic E-state index is 12.5. The van der Waals surface area contributed by atoms with E-state index in [1.54, 1.807) is 12.3 Å². The minimum atomic E-state index is -4.47. The highest BCUT2D eigenvalue weighted by Gasteiger charge is 2.30. The van der Waals surface area contributed by atoms with Gasteiger partial charge in [-0.1, -0.05) is 0 Å². The van der Waals surface area contributed by atoms with Crippen molar-refractivity contribution in [2.24, 2.45) is 0 Å². The van der Waals surface area contributed by atoms with E-state index in [9.17, 15) is 18.0 Å². The number of aromatic nitrogens is 2. The average molecular weight is 284 g/mol. The minimum Gasteiger partial charge on any atom is -0.397 e. The summed E-state index contributed by atoms with van der Waals surface area (Å²) in [6.07, 6.45) is -1.36. The van der Waals surface area contributed by atoms with Gasteiger partial charge in [0.15, 0.2) is 0 Å². The number of hydrogen-bond acceptors (Lipinski definition) is 3. The van der Waals surface area contributed by atoms with E-state index in [0.717, 1.165) is 18.2 Å². The molecular formula is C12H11F3N4O. The molecule has 106 valence electrons. The van der Waals surface area contributed by atoms with Crippen LogP contribution in [0.2, 0.25) is 0 Å². The number of hydrogen-bond donors (Lipinski definition) is 2. The van der Waals surface area contributed by atoms with Crippen LogP contribution in [0, 0.1) is 0 Å². The number of alkyl halides is 3. The first kappa shape index (κ1) is 13.9. The van der Waals surface area contributed by atoms with Gasteiger partial charge in [-0.2, -0.15) is 18.3 Å². The Morgan fingerprint density at radius 1 is 1.40 bits per heavy atom. The van der Waals surface area contributed by atoms with Crippen molar-refractivity contribution in [2.45, 2.75) is 12.7 Å². The highest BCUT2D eigenvalue weighted by atomic mass is 19.4. The topological polar surface area (TPSA) is 72.9 Å². The highest BCUT2D eigenvalue weighted by Crippen LogP contribution is 2.32. The number of amides is 1. The van der Waals surface area contributed by atoms with E-state index >= 15 is 0 Å². The first-order valence-electron chi connectivity index (χ1n) is 5.60. The van der Waals surface area contributed by atoms with Crippen molar-refractivity contribution >= 4 is 17.3 Å². The number of anilines is 2. The molecule has 20 heavy (non-hydrogen) atoms. The van der Waals surface area contributed by atoms with E-state index in [1.807, 2.05) is 0 Å². The van der Waals surface area contributed by atoms with Crippen LogP contribution >= 0.6 is 0 Å². The van der Waals surface area contributed by atoms with Crippen molar-refractivity contribution in [3.05, 3.63) is 42.2 Å². The number of nitrogen functional groups attached to an aromatic ring is 1. The Balaban J connectivity index is 2.08. The molecule has 0 radical (unpaired) electrons. The van der Waals surface area contributed by atoms with Gasteiger partial charge in [-0.05, 0) is 24.3 Å². The van der Waals surface area contributed by atoms with Gasteiger partial charge in [-0.3, -0.25) is 9.48 Å². The van der Waals surface area contributed by atoms with Crippen LogP contribution in [0.5, 0.6) is 0 Å². The van der Waals surface area contributed by atoms with Gasteiger partial charge in [-0.25, -0.2) is 0 Å². The summed E-state index contributed by atoms with van der Waals surface area (Å²) in [5.74, 6) is -0.430. The van der Waals surface area contributed by atoms with Gasteiger partial charge >= 0.3 is 6.18 Å². The number of nitrogens with two attached hydrogens (primary N) is 1. The van der Waals surface area contributed by atoms with Gasteiger partial charge in [-0.15, -0.1) is 0 Å². The summed E-state index contributed by atoms with van der Waals surface area (Å²) in [5.41, 5.74) is 4.63. The third-order valence-electron chi connectivity index (χ3n) is 2.52. The Morgan fingerprint density at radius 3 is 2.70 bits per heavy atom. The van der Waals surface area contributed by atoms with Crippen LogP contribution in [-0.2, 0) is 17.5 Å². The van der Waals surface area contributed by atoms with E-state index in [1.165, 1.54) is 10.9 Å². The van der Waals surface area contributed by atoms with Crippen molar-refractivity contribution < 1.29 is 18.0 Å². The van der Waals surface area contributed by atoms with Gasteiger partial charge in [0.05, 0.1) is 16.9 Å². The van der Waals surface area contributed by atoms with E-state index in [2.05, 4.69) is 10.4 Å². The monoisotopic (exact) mass is 284 g/mol. The zero-order valence-corrected chi connectivity index (χ0v) is 10.2. The SMILES string of the molecule is Nc1cc(C(F)(F)F)ccc1NC(=O)Cn1cccn1. The molecule has 1 amide bonds. The van der Waals surface area contributed by atoms with Gasteiger partial charge in [0.2, 0.25) is 5.91 Å². The number of carbonyl (C=O) groups excluding carboxylic acids is 1. The summed E-state index contributed by atoms with van der Waals surface area (Å²) in [6.45, 7) is -0.0482. The number of nitrogens with one attached hydrogen (secondary N) is 1. The standard InChI is InChI=1S/C12H11F3N4O/c13-12(14,15)8-2-3-10(9(16)6-8)18-11(20)7-19-5-1-4-17-19/h1-6H,7,16H2,(H,18,20). The van der Waals surface area contributed by atoms with Crippen LogP contribution in [0.4, 0.5) is 24.5 Å². The normalized spacial score (nSPS) is 11.3. The van der Waals surface area contributed by atoms with Gasteiger partial charge < -0.3 is 11.1 Å². The van der Waals surface area contributed by atoms with E-state index in [0.29, 0.717) is 0 Å². The van der Waals surface area contributed by atoms with Crippen LogP contribution in [0.15, 0.2) is 36.7 Å². The predicted molar refractivity (Wildman–Crippen MR) is 66.7 cm³/mol. The zero-order chi connectivity index (χ0) is 14.8. The molecule has 0 atom stereocenters. The first-order chi connectivity index (χ1) is 9.36. The molecule has 0 aliphatic heterocycles. The maximum atomic E-state index is 12.5. The van der Waals surface area contributed by atoms with E-state index < -0.39 is 17.6 Å². The molecule has 2 aromatic rings. The molecule has 0 spiro atoms. The second kappa shape index (κ2) is 5.24. The molecule has 8 heteroatoms. The lowest BCUT2D eigenvalue weighted by molar-refractivity contribution is -0.137. The molecule has 1 heterocycles. The molecule has 0 saturated carbocycles. The molecule has 5 nitrogen and oxygen atoms in total. The maximum Gasteiger partial charge on any atom is 0.416 e. The summed E-state index contributed by atoms with van der Waals surface area (Å²) < 4.78 is 38.8. The Labute approximate surface area is 112 Å². The van der Waals surface area contributed by atoms with Crippen molar-refractivity contribution in [1.82, 2.24) is 9.78 Å². The molecule has 1 aromatic carbocycles. The Hall–Kier alpha value is -2.51. The van der Waals surface area contributed by atoms with Crippen LogP contribution in [0.1, 0.15) is 5.56 Å². The van der Waals surface area contributed by atoms with Gasteiger partial charge in [0.25, 0.3) is 0 Å². The predicted octanol–water partition coefficient (Wildman–Crippen LogP) is 2.12. The molecule has 0 unspecified atom stereocenters. The second-order valence-electron chi connectivity index (χ2n) is 4.05. The third kappa shape index (κ3) is 3.28. The largest absolute Gasteiger partial charge is 0.416 e. The number of benzene rings is 1. The summed E-state index contributed by atoms with van der Waals surface area (Å²) in [6, 6.07) is 4.42. The molecule has 0 bridgehead atoms. The van der Waals surface area contributed by atoms with Crippen LogP contribution in [-0.4, -0.2) is 15.7 Å². The molecule has 0 aliphatic rings. The number of halogens is 3. The van der Waals surface area contributed by atoms with Gasteiger partial charge in [0, 0.05) is 12.4 Å². The molecule has 3 N–H and O–H groups in total. The molecule has 1 aromatic heterocycles. The Morgan fingerprint density at radius 2 is 2.15 bits per heavy atom. The van der Waals surface area contributed by atoms with Crippen molar-refractivity contribution in [3.63, 3.8) is 0 Å². The summed E-state index contributed by atoms with van der Waals surface area (Å²) in [5, 5.41) is 6.28. The van der Waals surface area contributed by atoms with Crippen molar-refractivity contribution in [1.29, 1.82) is 0 Å². The minimum absolute atomic E-state index is 0.0482. The van der Waals surface area contributed by atoms with E-state index in [4.69, 9.17) is 5.73 Å². The number of carbonyl (C=O) groups is 1. The van der Waals surface area contributed by atoms with Crippen molar-refractivity contribution in [3.8, 4) is 0 Å². The average Bonchev–Trinajstić information content (AvgIpc) is 2.83. The van der Waals surface area contributed by atoms with Crippen LogP contribution < -0.4 is 11.1 Å². The van der Waals surface area contributed by atoms with Gasteiger partial charge in [0.1, 0.15) is 6.54 Å². The summed E-state index contributed by atoms with van der Waals surface area (Å²) in [7, 11) is 0. The number of rotatable bonds is 3. The van der Waals surface area contributed by atoms with Crippen LogP contribution in [0.3, 0.4) is 0 Å². The highest BCUT2D eigenvalue weighted by molar-refractivity contribution is 5.93. The smallest absolute Gasteiger partial charge is 0.397 e. The summed E-state index contributed by atoms with van der Waals surface area (Å²) >= 11 is 0. The lowest BCUT2D eigenvalue weighted by Crippen LogP contribution is -2.20. The molecule has 0 aliphatic carbocycles. The second-order valence-corrected chi connectivity index (χ2v) is 4.05. The lowest BCUT2D eigenvalue weighted by atomic mass is 10.1. The summed E-state index contributed by atoms with van der Waals surface area (Å²) in [4.78, 5) is 11.7. The molecule has 2 rings (SSSR count). The fourth-order valence-corrected chi connectivity index (χ4v) is 1.58. The van der Waals surface area contributed by atoms with E-state index in [-0.39, 0.29) is 17.9 Å². The molecule has 0 fully saturated rings. The number of nitrogens with zero attached hydrogens (tertiary/aromatic N) is 2.